The molecule has 21 heavy (non-hydrogen) atoms. The molecule has 0 aliphatic rings. The van der Waals surface area contributed by atoms with Crippen LogP contribution in [0.3, 0.4) is 0 Å². The molecule has 1 N–H and O–H groups in total. The molecule has 0 amide bonds. The number of rotatable bonds is 3. The first kappa shape index (κ1) is 13.4. The van der Waals surface area contributed by atoms with E-state index < -0.39 is 5.97 Å². The van der Waals surface area contributed by atoms with E-state index in [1.807, 2.05) is 49.4 Å². The first-order valence-electron chi connectivity index (χ1n) is 6.92. The van der Waals surface area contributed by atoms with Crippen molar-refractivity contribution in [3.05, 3.63) is 59.4 Å². The minimum Gasteiger partial charge on any atom is -0.476 e. The lowest BCUT2D eigenvalue weighted by Gasteiger charge is -2.04. The number of aromatic nitrogens is 2. The minimum absolute atomic E-state index is 0.215. The number of pyridine rings is 1. The zero-order chi connectivity index (χ0) is 15.0. The Bertz CT molecular complexity index is 817. The minimum atomic E-state index is -0.966. The number of benzene rings is 1. The van der Waals surface area contributed by atoms with Crippen LogP contribution in [-0.2, 0) is 6.42 Å². The summed E-state index contributed by atoms with van der Waals surface area (Å²) in [6.45, 7) is 3.97. The molecule has 0 aliphatic carbocycles. The quantitative estimate of drug-likeness (QED) is 0.798. The van der Waals surface area contributed by atoms with E-state index in [4.69, 9.17) is 0 Å². The molecule has 4 heteroatoms. The summed E-state index contributed by atoms with van der Waals surface area (Å²) >= 11 is 0. The molecule has 1 aromatic carbocycles. The van der Waals surface area contributed by atoms with Crippen LogP contribution in [0.5, 0.6) is 0 Å². The van der Waals surface area contributed by atoms with Gasteiger partial charge in [-0.15, -0.1) is 0 Å². The van der Waals surface area contributed by atoms with Gasteiger partial charge in [0.1, 0.15) is 11.3 Å². The highest BCUT2D eigenvalue weighted by Crippen LogP contribution is 2.26. The van der Waals surface area contributed by atoms with E-state index in [2.05, 4.69) is 11.9 Å². The third-order valence-electron chi connectivity index (χ3n) is 3.68. The molecule has 0 unspecified atom stereocenters. The Kier molecular flexibility index (Phi) is 3.22. The highest BCUT2D eigenvalue weighted by Gasteiger charge is 2.20. The summed E-state index contributed by atoms with van der Waals surface area (Å²) in [5, 5.41) is 9.58. The van der Waals surface area contributed by atoms with Gasteiger partial charge < -0.3 is 5.11 Å². The molecule has 0 saturated carbocycles. The van der Waals surface area contributed by atoms with Crippen LogP contribution in [-0.4, -0.2) is 20.5 Å². The van der Waals surface area contributed by atoms with Gasteiger partial charge in [0.15, 0.2) is 5.69 Å². The van der Waals surface area contributed by atoms with E-state index in [0.29, 0.717) is 11.3 Å². The van der Waals surface area contributed by atoms with Crippen LogP contribution in [0.2, 0.25) is 0 Å². The molecule has 106 valence electrons. The van der Waals surface area contributed by atoms with Gasteiger partial charge in [0, 0.05) is 11.3 Å². The largest absolute Gasteiger partial charge is 0.476 e. The number of carbonyl (C=O) groups is 1. The molecule has 0 saturated heterocycles. The van der Waals surface area contributed by atoms with Crippen molar-refractivity contribution in [1.82, 2.24) is 9.38 Å². The predicted octanol–water partition coefficient (Wildman–Crippen LogP) is 3.57. The van der Waals surface area contributed by atoms with Gasteiger partial charge in [-0.25, -0.2) is 9.78 Å². The highest BCUT2D eigenvalue weighted by atomic mass is 16.4. The third-order valence-corrected chi connectivity index (χ3v) is 3.68. The number of aromatic carboxylic acids is 1. The van der Waals surface area contributed by atoms with Crippen molar-refractivity contribution in [2.45, 2.75) is 20.3 Å². The van der Waals surface area contributed by atoms with Gasteiger partial charge in [0.05, 0.1) is 0 Å². The Balaban J connectivity index is 2.28. The average Bonchev–Trinajstić information content (AvgIpc) is 2.88. The maximum atomic E-state index is 11.7. The monoisotopic (exact) mass is 280 g/mol. The van der Waals surface area contributed by atoms with Crippen molar-refractivity contribution in [3.63, 3.8) is 0 Å². The van der Waals surface area contributed by atoms with E-state index in [0.717, 1.165) is 17.7 Å². The third kappa shape index (κ3) is 2.18. The average molecular weight is 280 g/mol. The molecule has 3 rings (SSSR count). The topological polar surface area (TPSA) is 54.6 Å². The summed E-state index contributed by atoms with van der Waals surface area (Å²) in [7, 11) is 0. The molecule has 2 aromatic heterocycles. The molecule has 0 spiro atoms. The fourth-order valence-electron chi connectivity index (χ4n) is 2.55. The Morgan fingerprint density at radius 2 is 1.90 bits per heavy atom. The van der Waals surface area contributed by atoms with Gasteiger partial charge in [0.2, 0.25) is 0 Å². The number of imidazole rings is 1. The van der Waals surface area contributed by atoms with Crippen molar-refractivity contribution in [2.24, 2.45) is 0 Å². The lowest BCUT2D eigenvalue weighted by atomic mass is 10.1. The summed E-state index contributed by atoms with van der Waals surface area (Å²) in [5.41, 5.74) is 4.28. The van der Waals surface area contributed by atoms with Gasteiger partial charge in [-0.05, 0) is 31.0 Å². The summed E-state index contributed by atoms with van der Waals surface area (Å²) < 4.78 is 1.69. The predicted molar refractivity (Wildman–Crippen MR) is 81.7 cm³/mol. The van der Waals surface area contributed by atoms with Crippen LogP contribution in [0.25, 0.3) is 16.9 Å². The van der Waals surface area contributed by atoms with Crippen LogP contribution in [0.15, 0.2) is 42.5 Å². The maximum absolute atomic E-state index is 11.7. The number of fused-ring (bicyclic) bond motifs is 1. The fourth-order valence-corrected chi connectivity index (χ4v) is 2.55. The molecule has 3 aromatic rings. The van der Waals surface area contributed by atoms with Crippen molar-refractivity contribution < 1.29 is 9.90 Å². The van der Waals surface area contributed by atoms with Crippen LogP contribution in [0.1, 0.15) is 28.7 Å². The Morgan fingerprint density at radius 3 is 2.52 bits per heavy atom. The first-order valence-corrected chi connectivity index (χ1v) is 6.92. The van der Waals surface area contributed by atoms with E-state index >= 15 is 0 Å². The van der Waals surface area contributed by atoms with E-state index in [-0.39, 0.29) is 5.69 Å². The summed E-state index contributed by atoms with van der Waals surface area (Å²) in [5.74, 6) is -0.966. The molecule has 0 bridgehead atoms. The van der Waals surface area contributed by atoms with Crippen LogP contribution in [0, 0.1) is 6.92 Å². The number of carboxylic acids is 1. The number of hydrogen-bond donors (Lipinski definition) is 1. The maximum Gasteiger partial charge on any atom is 0.355 e. The molecular formula is C17H16N2O2. The lowest BCUT2D eigenvalue weighted by Crippen LogP contribution is -2.05. The SMILES string of the molecule is CCc1ccc(-c2nc3cccc(C)n3c2C(=O)O)cc1. The molecule has 2 heterocycles. The molecule has 0 fully saturated rings. The van der Waals surface area contributed by atoms with E-state index in [1.54, 1.807) is 4.40 Å². The summed E-state index contributed by atoms with van der Waals surface area (Å²) in [4.78, 5) is 16.2. The fraction of sp³-hybridized carbons (Fsp3) is 0.176. The normalized spacial score (nSPS) is 11.0. The number of carboxylic acid groups (broad SMARTS) is 1. The van der Waals surface area contributed by atoms with Crippen LogP contribution >= 0.6 is 0 Å². The van der Waals surface area contributed by atoms with E-state index in [1.165, 1.54) is 5.56 Å². The number of nitrogens with zero attached hydrogens (tertiary/aromatic N) is 2. The van der Waals surface area contributed by atoms with E-state index in [9.17, 15) is 9.90 Å². The molecule has 0 aliphatic heterocycles. The molecule has 0 radical (unpaired) electrons. The zero-order valence-corrected chi connectivity index (χ0v) is 12.0. The standard InChI is InChI=1S/C17H16N2O2/c1-3-12-7-9-13(10-8-12)15-16(17(20)21)19-11(2)5-4-6-14(19)18-15/h4-10H,3H2,1-2H3,(H,20,21). The lowest BCUT2D eigenvalue weighted by molar-refractivity contribution is 0.0690. The Morgan fingerprint density at radius 1 is 1.19 bits per heavy atom. The van der Waals surface area contributed by atoms with Gasteiger partial charge in [-0.2, -0.15) is 0 Å². The summed E-state index contributed by atoms with van der Waals surface area (Å²) in [6.07, 6.45) is 0.955. The second-order valence-electron chi connectivity index (χ2n) is 5.03. The summed E-state index contributed by atoms with van der Waals surface area (Å²) in [6, 6.07) is 13.5. The van der Waals surface area contributed by atoms with Gasteiger partial charge in [0.25, 0.3) is 0 Å². The zero-order valence-electron chi connectivity index (χ0n) is 12.0. The molecular weight excluding hydrogens is 264 g/mol. The Hall–Kier alpha value is -2.62. The van der Waals surface area contributed by atoms with Gasteiger partial charge in [-0.3, -0.25) is 4.40 Å². The van der Waals surface area contributed by atoms with Crippen LogP contribution in [0.4, 0.5) is 0 Å². The van der Waals surface area contributed by atoms with Crippen molar-refractivity contribution in [1.29, 1.82) is 0 Å². The first-order chi connectivity index (χ1) is 10.1. The second-order valence-corrected chi connectivity index (χ2v) is 5.03. The smallest absolute Gasteiger partial charge is 0.355 e. The molecule has 4 nitrogen and oxygen atoms in total. The van der Waals surface area contributed by atoms with Crippen molar-refractivity contribution in [2.75, 3.05) is 0 Å². The van der Waals surface area contributed by atoms with Gasteiger partial charge >= 0.3 is 5.97 Å². The van der Waals surface area contributed by atoms with Gasteiger partial charge in [-0.1, -0.05) is 37.3 Å². The van der Waals surface area contributed by atoms with Crippen molar-refractivity contribution >= 4 is 11.6 Å². The number of hydrogen-bond acceptors (Lipinski definition) is 2. The number of aryl methyl sites for hydroxylation is 2. The second kappa shape index (κ2) is 5.05. The van der Waals surface area contributed by atoms with Crippen molar-refractivity contribution in [3.8, 4) is 11.3 Å². The Labute approximate surface area is 122 Å². The van der Waals surface area contributed by atoms with Crippen LogP contribution < -0.4 is 0 Å². The highest BCUT2D eigenvalue weighted by molar-refractivity contribution is 5.94. The molecule has 0 atom stereocenters.